The fraction of sp³-hybridized carbons (Fsp3) is 0.333. The van der Waals surface area contributed by atoms with Gasteiger partial charge in [-0.2, -0.15) is 0 Å². The summed E-state index contributed by atoms with van der Waals surface area (Å²) in [5.74, 6) is 0.922. The van der Waals surface area contributed by atoms with Crippen LogP contribution in [0.4, 0.5) is 0 Å². The van der Waals surface area contributed by atoms with Crippen LogP contribution < -0.4 is 10.1 Å². The van der Waals surface area contributed by atoms with Gasteiger partial charge in [0.15, 0.2) is 0 Å². The van der Waals surface area contributed by atoms with Crippen LogP contribution in [0.2, 0.25) is 0 Å². The van der Waals surface area contributed by atoms with E-state index in [0.717, 1.165) is 5.75 Å². The summed E-state index contributed by atoms with van der Waals surface area (Å²) in [4.78, 5) is 0. The van der Waals surface area contributed by atoms with Crippen molar-refractivity contribution < 1.29 is 4.74 Å². The first-order valence-corrected chi connectivity index (χ1v) is 8.29. The van der Waals surface area contributed by atoms with Gasteiger partial charge in [-0.05, 0) is 79.2 Å². The Labute approximate surface area is 141 Å². The lowest BCUT2D eigenvalue weighted by Gasteiger charge is -2.21. The zero-order valence-electron chi connectivity index (χ0n) is 13.0. The number of aryl methyl sites for hydroxylation is 1. The molecule has 0 radical (unpaired) electrons. The van der Waals surface area contributed by atoms with Crippen molar-refractivity contribution in [3.63, 3.8) is 0 Å². The van der Waals surface area contributed by atoms with Gasteiger partial charge in [0.05, 0.1) is 12.1 Å². The van der Waals surface area contributed by atoms with E-state index < -0.39 is 0 Å². The predicted molar refractivity (Wildman–Crippen MR) is 97.0 cm³/mol. The second-order valence-corrected chi connectivity index (χ2v) is 6.52. The fourth-order valence-electron chi connectivity index (χ4n) is 2.43. The van der Waals surface area contributed by atoms with Gasteiger partial charge < -0.3 is 10.1 Å². The second-order valence-electron chi connectivity index (χ2n) is 5.44. The van der Waals surface area contributed by atoms with E-state index in [2.05, 4.69) is 71.2 Å². The Balaban J connectivity index is 2.39. The Morgan fingerprint density at radius 3 is 2.48 bits per heavy atom. The lowest BCUT2D eigenvalue weighted by Crippen LogP contribution is -2.19. The summed E-state index contributed by atoms with van der Waals surface area (Å²) in [5, 5.41) is 3.42. The van der Waals surface area contributed by atoms with Crippen LogP contribution in [-0.4, -0.2) is 13.2 Å². The van der Waals surface area contributed by atoms with Crippen LogP contribution in [0.1, 0.15) is 36.6 Å². The molecule has 0 bridgehead atoms. The minimum absolute atomic E-state index is 0.174. The topological polar surface area (TPSA) is 21.3 Å². The molecule has 2 aromatic rings. The summed E-state index contributed by atoms with van der Waals surface area (Å²) in [6, 6.07) is 15.0. The Morgan fingerprint density at radius 2 is 1.81 bits per heavy atom. The smallest absolute Gasteiger partial charge is 0.120 e. The number of ether oxygens (including phenoxy) is 1. The molecule has 2 nitrogen and oxygen atoms in total. The Hall–Kier alpha value is -1.07. The Kier molecular flexibility index (Phi) is 5.65. The molecule has 0 amide bonds. The van der Waals surface area contributed by atoms with E-state index >= 15 is 0 Å². The fourth-order valence-corrected chi connectivity index (χ4v) is 3.11. The molecule has 2 rings (SSSR count). The highest BCUT2D eigenvalue weighted by molar-refractivity contribution is 14.1. The van der Waals surface area contributed by atoms with Gasteiger partial charge in [0, 0.05) is 3.57 Å². The van der Waals surface area contributed by atoms with Gasteiger partial charge in [-0.3, -0.25) is 0 Å². The molecule has 0 spiro atoms. The first-order valence-electron chi connectivity index (χ1n) is 7.21. The third-order valence-electron chi connectivity index (χ3n) is 3.38. The molecule has 0 heterocycles. The van der Waals surface area contributed by atoms with Crippen molar-refractivity contribution in [2.45, 2.75) is 32.9 Å². The monoisotopic (exact) mass is 395 g/mol. The van der Waals surface area contributed by atoms with Crippen LogP contribution in [0, 0.1) is 10.5 Å². The van der Waals surface area contributed by atoms with Gasteiger partial charge in [0.2, 0.25) is 0 Å². The molecule has 0 aliphatic heterocycles. The van der Waals surface area contributed by atoms with E-state index in [4.69, 9.17) is 4.74 Å². The summed E-state index contributed by atoms with van der Waals surface area (Å²) in [7, 11) is 2.00. The summed E-state index contributed by atoms with van der Waals surface area (Å²) < 4.78 is 7.12. The van der Waals surface area contributed by atoms with E-state index in [-0.39, 0.29) is 12.1 Å². The number of hydrogen-bond donors (Lipinski definition) is 1. The lowest BCUT2D eigenvalue weighted by atomic mass is 9.97. The number of halogens is 1. The van der Waals surface area contributed by atoms with E-state index in [9.17, 15) is 0 Å². The third kappa shape index (κ3) is 3.98. The molecule has 0 aromatic heterocycles. The van der Waals surface area contributed by atoms with Crippen LogP contribution in [0.5, 0.6) is 5.75 Å². The molecule has 0 aliphatic carbocycles. The van der Waals surface area contributed by atoms with Crippen LogP contribution >= 0.6 is 22.6 Å². The van der Waals surface area contributed by atoms with Crippen molar-refractivity contribution in [2.24, 2.45) is 0 Å². The number of rotatable bonds is 5. The van der Waals surface area contributed by atoms with Crippen molar-refractivity contribution in [3.05, 3.63) is 62.7 Å². The highest BCUT2D eigenvalue weighted by Gasteiger charge is 2.16. The van der Waals surface area contributed by atoms with E-state index in [1.807, 2.05) is 27.0 Å². The first-order chi connectivity index (χ1) is 10.0. The molecule has 0 saturated heterocycles. The molecule has 3 heteroatoms. The van der Waals surface area contributed by atoms with Crippen molar-refractivity contribution in [1.82, 2.24) is 5.32 Å². The Bertz CT molecular complexity index is 610. The zero-order chi connectivity index (χ0) is 15.4. The van der Waals surface area contributed by atoms with Gasteiger partial charge in [0.1, 0.15) is 5.75 Å². The van der Waals surface area contributed by atoms with Gasteiger partial charge in [-0.1, -0.05) is 30.3 Å². The SMILES string of the molecule is CNC(c1cccc(OC(C)C)c1)c1cccc(C)c1I. The molecular weight excluding hydrogens is 373 g/mol. The predicted octanol–water partition coefficient (Wildman–Crippen LogP) is 4.70. The molecule has 1 atom stereocenters. The first kappa shape index (κ1) is 16.3. The Morgan fingerprint density at radius 1 is 1.10 bits per heavy atom. The highest BCUT2D eigenvalue weighted by Crippen LogP contribution is 2.29. The quantitative estimate of drug-likeness (QED) is 0.742. The van der Waals surface area contributed by atoms with Crippen LogP contribution in [0.15, 0.2) is 42.5 Å². The maximum absolute atomic E-state index is 5.81. The van der Waals surface area contributed by atoms with Gasteiger partial charge in [-0.15, -0.1) is 0 Å². The highest BCUT2D eigenvalue weighted by atomic mass is 127. The molecule has 1 unspecified atom stereocenters. The van der Waals surface area contributed by atoms with Crippen LogP contribution in [-0.2, 0) is 0 Å². The van der Waals surface area contributed by atoms with Crippen molar-refractivity contribution in [1.29, 1.82) is 0 Å². The molecule has 0 saturated carbocycles. The molecule has 0 aliphatic rings. The summed E-state index contributed by atoms with van der Waals surface area (Å²) >= 11 is 2.43. The molecule has 1 N–H and O–H groups in total. The standard InChI is InChI=1S/C18H22INO/c1-12(2)21-15-9-6-8-14(11-15)18(20-4)16-10-5-7-13(3)17(16)19/h5-12,18,20H,1-4H3. The largest absolute Gasteiger partial charge is 0.491 e. The summed E-state index contributed by atoms with van der Waals surface area (Å²) in [6.07, 6.45) is 0.187. The maximum atomic E-state index is 5.81. The van der Waals surface area contributed by atoms with Crippen molar-refractivity contribution in [3.8, 4) is 5.75 Å². The van der Waals surface area contributed by atoms with Gasteiger partial charge in [-0.25, -0.2) is 0 Å². The van der Waals surface area contributed by atoms with Gasteiger partial charge >= 0.3 is 0 Å². The molecular formula is C18H22INO. The minimum Gasteiger partial charge on any atom is -0.491 e. The average Bonchev–Trinajstić information content (AvgIpc) is 2.44. The molecule has 0 fully saturated rings. The number of nitrogens with one attached hydrogen (secondary N) is 1. The molecule has 21 heavy (non-hydrogen) atoms. The minimum atomic E-state index is 0.174. The average molecular weight is 395 g/mol. The normalized spacial score (nSPS) is 12.5. The van der Waals surface area contributed by atoms with E-state index in [1.165, 1.54) is 20.3 Å². The van der Waals surface area contributed by atoms with Crippen molar-refractivity contribution in [2.75, 3.05) is 7.05 Å². The zero-order valence-corrected chi connectivity index (χ0v) is 15.1. The number of hydrogen-bond acceptors (Lipinski definition) is 2. The summed E-state index contributed by atoms with van der Waals surface area (Å²) in [6.45, 7) is 6.24. The van der Waals surface area contributed by atoms with E-state index in [0.29, 0.717) is 0 Å². The molecule has 112 valence electrons. The number of benzene rings is 2. The summed E-state index contributed by atoms with van der Waals surface area (Å²) in [5.41, 5.74) is 3.84. The molecule has 2 aromatic carbocycles. The van der Waals surface area contributed by atoms with Gasteiger partial charge in [0.25, 0.3) is 0 Å². The second kappa shape index (κ2) is 7.27. The van der Waals surface area contributed by atoms with E-state index in [1.54, 1.807) is 0 Å². The van der Waals surface area contributed by atoms with Crippen LogP contribution in [0.3, 0.4) is 0 Å². The maximum Gasteiger partial charge on any atom is 0.120 e. The lowest BCUT2D eigenvalue weighted by molar-refractivity contribution is 0.242. The van der Waals surface area contributed by atoms with Crippen molar-refractivity contribution >= 4 is 22.6 Å². The van der Waals surface area contributed by atoms with Crippen LogP contribution in [0.25, 0.3) is 0 Å². The third-order valence-corrected chi connectivity index (χ3v) is 4.86.